The molecule has 0 spiro atoms. The van der Waals surface area contributed by atoms with Crippen molar-refractivity contribution in [3.63, 3.8) is 0 Å². The number of rotatable bonds is 3. The minimum absolute atomic E-state index is 0.205. The summed E-state index contributed by atoms with van der Waals surface area (Å²) in [7, 11) is 0. The van der Waals surface area contributed by atoms with E-state index in [2.05, 4.69) is 21.9 Å². The summed E-state index contributed by atoms with van der Waals surface area (Å²) < 4.78 is 5.57. The van der Waals surface area contributed by atoms with E-state index in [0.717, 1.165) is 67.4 Å². The molecule has 2 fully saturated rings. The summed E-state index contributed by atoms with van der Waals surface area (Å²) in [5, 5.41) is 0. The molecule has 1 aromatic carbocycles. The van der Waals surface area contributed by atoms with E-state index >= 15 is 0 Å². The molecule has 1 aliphatic carbocycles. The second kappa shape index (κ2) is 8.72. The number of aromatic nitrogens is 2. The van der Waals surface area contributed by atoms with Crippen LogP contribution >= 0.6 is 0 Å². The first-order valence-electron chi connectivity index (χ1n) is 11.4. The Bertz CT molecular complexity index is 890. The Morgan fingerprint density at radius 2 is 1.73 bits per heavy atom. The third kappa shape index (κ3) is 3.93. The Labute approximate surface area is 178 Å². The number of benzene rings is 1. The van der Waals surface area contributed by atoms with Gasteiger partial charge in [-0.15, -0.1) is 0 Å². The number of anilines is 1. The van der Waals surface area contributed by atoms with Crippen LogP contribution in [0.4, 0.5) is 5.82 Å². The molecule has 5 rings (SSSR count). The molecular weight excluding hydrogens is 376 g/mol. The lowest BCUT2D eigenvalue weighted by atomic mass is 9.87. The predicted octanol–water partition coefficient (Wildman–Crippen LogP) is 3.45. The van der Waals surface area contributed by atoms with Crippen molar-refractivity contribution in [2.24, 2.45) is 5.92 Å². The summed E-state index contributed by atoms with van der Waals surface area (Å²) in [6.07, 6.45) is 6.52. The van der Waals surface area contributed by atoms with Gasteiger partial charge in [-0.1, -0.05) is 49.6 Å². The van der Waals surface area contributed by atoms with Crippen LogP contribution in [0.2, 0.25) is 0 Å². The molecule has 0 radical (unpaired) electrons. The van der Waals surface area contributed by atoms with Gasteiger partial charge in [0.15, 0.2) is 5.82 Å². The Morgan fingerprint density at radius 3 is 2.50 bits per heavy atom. The minimum atomic E-state index is 0.205. The quantitative estimate of drug-likeness (QED) is 0.781. The van der Waals surface area contributed by atoms with Gasteiger partial charge >= 0.3 is 0 Å². The monoisotopic (exact) mass is 406 g/mol. The van der Waals surface area contributed by atoms with Crippen molar-refractivity contribution in [1.82, 2.24) is 14.9 Å². The summed E-state index contributed by atoms with van der Waals surface area (Å²) in [5.41, 5.74) is 3.26. The molecule has 0 atom stereocenters. The number of nitrogens with zero attached hydrogens (tertiary/aromatic N) is 4. The highest BCUT2D eigenvalue weighted by Crippen LogP contribution is 2.32. The number of hydrogen-bond donors (Lipinski definition) is 0. The van der Waals surface area contributed by atoms with Gasteiger partial charge in [0.05, 0.1) is 25.5 Å². The molecule has 2 aromatic rings. The molecule has 0 bridgehead atoms. The maximum absolute atomic E-state index is 13.2. The van der Waals surface area contributed by atoms with Gasteiger partial charge in [0.25, 0.3) is 0 Å². The van der Waals surface area contributed by atoms with Gasteiger partial charge in [-0.25, -0.2) is 9.97 Å². The van der Waals surface area contributed by atoms with E-state index in [1.54, 1.807) is 0 Å². The van der Waals surface area contributed by atoms with E-state index in [9.17, 15) is 4.79 Å². The molecule has 6 nitrogen and oxygen atoms in total. The fourth-order valence-corrected chi connectivity index (χ4v) is 4.95. The lowest BCUT2D eigenvalue weighted by molar-refractivity contribution is -0.137. The topological polar surface area (TPSA) is 58.6 Å². The van der Waals surface area contributed by atoms with Gasteiger partial charge in [-0.05, 0) is 12.8 Å². The second-order valence-electron chi connectivity index (χ2n) is 8.61. The summed E-state index contributed by atoms with van der Waals surface area (Å²) in [4.78, 5) is 27.5. The molecule has 3 heterocycles. The molecule has 158 valence electrons. The van der Waals surface area contributed by atoms with Crippen LogP contribution in [0, 0.1) is 5.92 Å². The summed E-state index contributed by atoms with van der Waals surface area (Å²) >= 11 is 0. The van der Waals surface area contributed by atoms with Crippen LogP contribution in [0.3, 0.4) is 0 Å². The van der Waals surface area contributed by atoms with E-state index in [1.807, 2.05) is 18.2 Å². The zero-order chi connectivity index (χ0) is 20.3. The molecule has 1 saturated heterocycles. The highest BCUT2D eigenvalue weighted by Gasteiger charge is 2.32. The van der Waals surface area contributed by atoms with Crippen LogP contribution in [0.1, 0.15) is 43.4 Å². The fourth-order valence-electron chi connectivity index (χ4n) is 4.95. The predicted molar refractivity (Wildman–Crippen MR) is 116 cm³/mol. The van der Waals surface area contributed by atoms with Crippen molar-refractivity contribution in [2.45, 2.75) is 45.1 Å². The molecule has 6 heteroatoms. The van der Waals surface area contributed by atoms with Crippen molar-refractivity contribution in [3.8, 4) is 11.4 Å². The van der Waals surface area contributed by atoms with E-state index in [4.69, 9.17) is 14.7 Å². The number of carbonyl (C=O) groups is 1. The summed E-state index contributed by atoms with van der Waals surface area (Å²) in [6, 6.07) is 10.2. The van der Waals surface area contributed by atoms with Crippen LogP contribution in [0.5, 0.6) is 0 Å². The zero-order valence-electron chi connectivity index (χ0n) is 17.6. The average molecular weight is 407 g/mol. The van der Waals surface area contributed by atoms with Crippen LogP contribution in [-0.2, 0) is 22.5 Å². The largest absolute Gasteiger partial charge is 0.378 e. The molecular formula is C24H30N4O2. The van der Waals surface area contributed by atoms with Crippen molar-refractivity contribution in [3.05, 3.63) is 41.6 Å². The summed E-state index contributed by atoms with van der Waals surface area (Å²) in [6.45, 7) is 4.47. The van der Waals surface area contributed by atoms with Crippen LogP contribution in [-0.4, -0.2) is 53.6 Å². The van der Waals surface area contributed by atoms with Gasteiger partial charge in [0.1, 0.15) is 5.82 Å². The molecule has 1 saturated carbocycles. The van der Waals surface area contributed by atoms with Crippen LogP contribution < -0.4 is 4.90 Å². The highest BCUT2D eigenvalue weighted by molar-refractivity contribution is 5.79. The van der Waals surface area contributed by atoms with Crippen LogP contribution in [0.25, 0.3) is 11.4 Å². The van der Waals surface area contributed by atoms with Crippen molar-refractivity contribution in [1.29, 1.82) is 0 Å². The van der Waals surface area contributed by atoms with Crippen molar-refractivity contribution >= 4 is 11.7 Å². The first kappa shape index (κ1) is 19.5. The zero-order valence-corrected chi connectivity index (χ0v) is 17.6. The van der Waals surface area contributed by atoms with E-state index in [-0.39, 0.29) is 5.92 Å². The third-order valence-electron chi connectivity index (χ3n) is 6.65. The molecule has 3 aliphatic rings. The molecule has 1 amide bonds. The fraction of sp³-hybridized carbons (Fsp3) is 0.542. The number of amides is 1. The molecule has 2 aliphatic heterocycles. The number of hydrogen-bond acceptors (Lipinski definition) is 5. The average Bonchev–Trinajstić information content (AvgIpc) is 2.84. The first-order valence-corrected chi connectivity index (χ1v) is 11.4. The number of ether oxygens (including phenoxy) is 1. The van der Waals surface area contributed by atoms with Crippen LogP contribution in [0.15, 0.2) is 30.3 Å². The maximum atomic E-state index is 13.2. The number of morpholine rings is 1. The minimum Gasteiger partial charge on any atom is -0.378 e. The normalized spacial score (nSPS) is 20.1. The molecule has 0 unspecified atom stereocenters. The highest BCUT2D eigenvalue weighted by atomic mass is 16.5. The number of fused-ring (bicyclic) bond motifs is 1. The van der Waals surface area contributed by atoms with Gasteiger partial charge in [0, 0.05) is 43.1 Å². The van der Waals surface area contributed by atoms with E-state index in [0.29, 0.717) is 25.7 Å². The second-order valence-corrected chi connectivity index (χ2v) is 8.61. The third-order valence-corrected chi connectivity index (χ3v) is 6.65. The Morgan fingerprint density at radius 1 is 0.967 bits per heavy atom. The molecule has 0 N–H and O–H groups in total. The van der Waals surface area contributed by atoms with Gasteiger partial charge in [0.2, 0.25) is 5.91 Å². The Kier molecular flexibility index (Phi) is 5.67. The van der Waals surface area contributed by atoms with Crippen molar-refractivity contribution < 1.29 is 9.53 Å². The molecule has 30 heavy (non-hydrogen) atoms. The SMILES string of the molecule is O=C(C1CCCCC1)N1CCc2nc(-c3ccccc3)nc(N3CCOCC3)c2C1. The lowest BCUT2D eigenvalue weighted by Crippen LogP contribution is -2.43. The smallest absolute Gasteiger partial charge is 0.225 e. The summed E-state index contributed by atoms with van der Waals surface area (Å²) in [5.74, 6) is 2.31. The lowest BCUT2D eigenvalue weighted by Gasteiger charge is -2.36. The van der Waals surface area contributed by atoms with Gasteiger partial charge in [-0.3, -0.25) is 4.79 Å². The van der Waals surface area contributed by atoms with E-state index < -0.39 is 0 Å². The maximum Gasteiger partial charge on any atom is 0.225 e. The van der Waals surface area contributed by atoms with Crippen molar-refractivity contribution in [2.75, 3.05) is 37.7 Å². The Balaban J connectivity index is 1.48. The number of carbonyl (C=O) groups excluding carboxylic acids is 1. The van der Waals surface area contributed by atoms with E-state index in [1.165, 1.54) is 19.3 Å². The van der Waals surface area contributed by atoms with Gasteiger partial charge in [-0.2, -0.15) is 0 Å². The Hall–Kier alpha value is -2.47. The standard InChI is InChI=1S/C24H30N4O2/c29-24(19-9-5-2-6-10-19)28-12-11-21-20(17-28)23(27-13-15-30-16-14-27)26-22(25-21)18-7-3-1-4-8-18/h1,3-4,7-8,19H,2,5-6,9-17H2. The first-order chi connectivity index (χ1) is 14.8. The van der Waals surface area contributed by atoms with Gasteiger partial charge < -0.3 is 14.5 Å². The molecule has 1 aromatic heterocycles.